The van der Waals surface area contributed by atoms with Crippen molar-refractivity contribution in [3.63, 3.8) is 0 Å². The Kier molecular flexibility index (Phi) is 7.47. The molecule has 0 aliphatic carbocycles. The molecule has 1 aromatic carbocycles. The number of halogens is 1. The van der Waals surface area contributed by atoms with Gasteiger partial charge in [-0.15, -0.1) is 0 Å². The van der Waals surface area contributed by atoms with Gasteiger partial charge in [0.2, 0.25) is 0 Å². The summed E-state index contributed by atoms with van der Waals surface area (Å²) in [6.07, 6.45) is -2.60. The zero-order valence-corrected chi connectivity index (χ0v) is 14.9. The van der Waals surface area contributed by atoms with Gasteiger partial charge in [0.05, 0.1) is 16.0 Å². The van der Waals surface area contributed by atoms with Crippen LogP contribution < -0.4 is 5.32 Å². The van der Waals surface area contributed by atoms with Crippen molar-refractivity contribution in [3.05, 3.63) is 69.0 Å². The number of nitro groups is 1. The van der Waals surface area contributed by atoms with Gasteiger partial charge in [-0.2, -0.15) is 0 Å². The number of benzene rings is 1. The van der Waals surface area contributed by atoms with Gasteiger partial charge in [-0.05, 0) is 12.0 Å². The van der Waals surface area contributed by atoms with E-state index in [1.165, 1.54) is 0 Å². The zero-order chi connectivity index (χ0) is 19.8. The van der Waals surface area contributed by atoms with Gasteiger partial charge < -0.3 is 20.3 Å². The number of carbonyl (C=O) groups excluding carboxylic acids is 1. The second kappa shape index (κ2) is 9.81. The maximum atomic E-state index is 11.6. The first kappa shape index (κ1) is 20.6. The van der Waals surface area contributed by atoms with Crippen molar-refractivity contribution in [1.29, 1.82) is 0 Å². The third-order valence-corrected chi connectivity index (χ3v) is 3.83. The molecule has 0 fully saturated rings. The predicted molar refractivity (Wildman–Crippen MR) is 96.1 cm³/mol. The summed E-state index contributed by atoms with van der Waals surface area (Å²) in [6.45, 7) is 0.0893. The normalized spacial score (nSPS) is 12.9. The van der Waals surface area contributed by atoms with Crippen LogP contribution in [0.1, 0.15) is 23.8 Å². The van der Waals surface area contributed by atoms with E-state index in [9.17, 15) is 25.1 Å². The monoisotopic (exact) mass is 395 g/mol. The fourth-order valence-electron chi connectivity index (χ4n) is 2.25. The highest BCUT2D eigenvalue weighted by Crippen LogP contribution is 2.28. The van der Waals surface area contributed by atoms with Crippen LogP contribution in [0.25, 0.3) is 0 Å². The van der Waals surface area contributed by atoms with Crippen molar-refractivity contribution in [1.82, 2.24) is 10.3 Å². The number of alkyl carbamates (subject to hydrolysis) is 1. The highest BCUT2D eigenvalue weighted by molar-refractivity contribution is 6.30. The molecule has 0 saturated heterocycles. The molecule has 0 bridgehead atoms. The number of aliphatic hydroxyl groups excluding tert-OH is 2. The first-order valence-corrected chi connectivity index (χ1v) is 8.36. The van der Waals surface area contributed by atoms with E-state index in [0.717, 1.165) is 17.8 Å². The number of nitrogens with one attached hydrogen (secondary N) is 1. The molecule has 1 heterocycles. The summed E-state index contributed by atoms with van der Waals surface area (Å²) in [5.41, 5.74) is 0.0251. The average molecular weight is 396 g/mol. The molecule has 0 spiro atoms. The Morgan fingerprint density at radius 2 is 2.04 bits per heavy atom. The first-order valence-electron chi connectivity index (χ1n) is 7.99. The quantitative estimate of drug-likeness (QED) is 0.461. The Bertz CT molecular complexity index is 789. The lowest BCUT2D eigenvalue weighted by molar-refractivity contribution is -0.386. The third kappa shape index (κ3) is 6.17. The lowest BCUT2D eigenvalue weighted by Crippen LogP contribution is -2.30. The second-order valence-corrected chi connectivity index (χ2v) is 6.04. The number of rotatable bonds is 8. The highest BCUT2D eigenvalue weighted by atomic mass is 35.5. The molecular formula is C17H18ClN3O6. The molecule has 1 amide bonds. The van der Waals surface area contributed by atoms with Crippen molar-refractivity contribution in [2.75, 3.05) is 6.54 Å². The van der Waals surface area contributed by atoms with Gasteiger partial charge in [0, 0.05) is 18.8 Å². The minimum Gasteiger partial charge on any atom is -0.445 e. The number of pyridine rings is 1. The van der Waals surface area contributed by atoms with E-state index in [4.69, 9.17) is 16.3 Å². The van der Waals surface area contributed by atoms with Gasteiger partial charge in [-0.25, -0.2) is 9.78 Å². The summed E-state index contributed by atoms with van der Waals surface area (Å²) < 4.78 is 5.01. The molecule has 3 N–H and O–H groups in total. The van der Waals surface area contributed by atoms with Gasteiger partial charge in [0.15, 0.2) is 0 Å². The van der Waals surface area contributed by atoms with Crippen LogP contribution in [0.4, 0.5) is 10.5 Å². The highest BCUT2D eigenvalue weighted by Gasteiger charge is 2.28. The van der Waals surface area contributed by atoms with Crippen molar-refractivity contribution < 1.29 is 24.7 Å². The number of amides is 1. The van der Waals surface area contributed by atoms with E-state index >= 15 is 0 Å². The number of hydrogen-bond donors (Lipinski definition) is 3. The van der Waals surface area contributed by atoms with Crippen LogP contribution in [-0.2, 0) is 11.3 Å². The zero-order valence-electron chi connectivity index (χ0n) is 14.1. The van der Waals surface area contributed by atoms with Crippen LogP contribution >= 0.6 is 11.6 Å². The summed E-state index contributed by atoms with van der Waals surface area (Å²) in [5.74, 6) is 0. The van der Waals surface area contributed by atoms with E-state index in [2.05, 4.69) is 10.3 Å². The fourth-order valence-corrected chi connectivity index (χ4v) is 2.40. The molecule has 144 valence electrons. The summed E-state index contributed by atoms with van der Waals surface area (Å²) in [4.78, 5) is 25.6. The minimum absolute atomic E-state index is 0.00671. The van der Waals surface area contributed by atoms with E-state index in [-0.39, 0.29) is 30.3 Å². The first-order chi connectivity index (χ1) is 12.9. The Hall–Kier alpha value is -2.75. The SMILES string of the molecule is O=C(NCCC(O)C(O)c1ncc(Cl)cc1[N+](=O)[O-])OCc1ccccc1. The molecular weight excluding hydrogens is 378 g/mol. The second-order valence-electron chi connectivity index (χ2n) is 5.60. The van der Waals surface area contributed by atoms with Crippen LogP contribution in [0.5, 0.6) is 0 Å². The van der Waals surface area contributed by atoms with Crippen LogP contribution in [0.15, 0.2) is 42.6 Å². The lowest BCUT2D eigenvalue weighted by Gasteiger charge is -2.17. The fraction of sp³-hybridized carbons (Fsp3) is 0.294. The third-order valence-electron chi connectivity index (χ3n) is 3.63. The Morgan fingerprint density at radius 3 is 2.70 bits per heavy atom. The molecule has 0 aliphatic heterocycles. The topological polar surface area (TPSA) is 135 Å². The lowest BCUT2D eigenvalue weighted by atomic mass is 10.1. The van der Waals surface area contributed by atoms with E-state index < -0.39 is 28.9 Å². The molecule has 1 aromatic heterocycles. The van der Waals surface area contributed by atoms with Gasteiger partial charge in [-0.1, -0.05) is 41.9 Å². The minimum atomic E-state index is -1.61. The van der Waals surface area contributed by atoms with Gasteiger partial charge in [-0.3, -0.25) is 10.1 Å². The number of carbonyl (C=O) groups is 1. The van der Waals surface area contributed by atoms with Crippen molar-refractivity contribution in [3.8, 4) is 0 Å². The Balaban J connectivity index is 1.82. The molecule has 0 saturated carbocycles. The Morgan fingerprint density at radius 1 is 1.33 bits per heavy atom. The van der Waals surface area contributed by atoms with Crippen LogP contribution in [0.3, 0.4) is 0 Å². The van der Waals surface area contributed by atoms with E-state index in [1.807, 2.05) is 18.2 Å². The number of hydrogen-bond acceptors (Lipinski definition) is 7. The maximum absolute atomic E-state index is 11.6. The van der Waals surface area contributed by atoms with Gasteiger partial charge in [0.1, 0.15) is 18.4 Å². The molecule has 2 atom stereocenters. The smallest absolute Gasteiger partial charge is 0.407 e. The van der Waals surface area contributed by atoms with Gasteiger partial charge in [0.25, 0.3) is 5.69 Å². The molecule has 9 nitrogen and oxygen atoms in total. The number of ether oxygens (including phenoxy) is 1. The number of aromatic nitrogens is 1. The standard InChI is InChI=1S/C17H18ClN3O6/c18-12-8-13(21(25)26)15(20-9-12)16(23)14(22)6-7-19-17(24)27-10-11-4-2-1-3-5-11/h1-5,8-9,14,16,22-23H,6-7,10H2,(H,19,24). The van der Waals surface area contributed by atoms with Crippen molar-refractivity contribution >= 4 is 23.4 Å². The van der Waals surface area contributed by atoms with Crippen molar-refractivity contribution in [2.24, 2.45) is 0 Å². The molecule has 10 heteroatoms. The number of aliphatic hydroxyl groups is 2. The summed E-state index contributed by atoms with van der Waals surface area (Å²) in [5, 5.41) is 33.7. The Labute approximate surface area is 159 Å². The molecule has 0 aliphatic rings. The largest absolute Gasteiger partial charge is 0.445 e. The van der Waals surface area contributed by atoms with Crippen LogP contribution in [0.2, 0.25) is 5.02 Å². The van der Waals surface area contributed by atoms with Crippen LogP contribution in [-0.4, -0.2) is 38.9 Å². The summed E-state index contributed by atoms with van der Waals surface area (Å²) >= 11 is 5.67. The molecule has 27 heavy (non-hydrogen) atoms. The van der Waals surface area contributed by atoms with Gasteiger partial charge >= 0.3 is 6.09 Å². The molecule has 2 unspecified atom stereocenters. The molecule has 2 rings (SSSR count). The van der Waals surface area contributed by atoms with E-state index in [0.29, 0.717) is 0 Å². The molecule has 2 aromatic rings. The van der Waals surface area contributed by atoms with Crippen LogP contribution in [0, 0.1) is 10.1 Å². The summed E-state index contributed by atoms with van der Waals surface area (Å²) in [7, 11) is 0. The van der Waals surface area contributed by atoms with Crippen molar-refractivity contribution in [2.45, 2.75) is 25.2 Å². The number of nitrogens with zero attached hydrogens (tertiary/aromatic N) is 2. The van der Waals surface area contributed by atoms with E-state index in [1.54, 1.807) is 12.1 Å². The maximum Gasteiger partial charge on any atom is 0.407 e. The molecule has 0 radical (unpaired) electrons. The predicted octanol–water partition coefficient (Wildman–Crippen LogP) is 2.35. The average Bonchev–Trinajstić information content (AvgIpc) is 2.66. The summed E-state index contributed by atoms with van der Waals surface area (Å²) in [6, 6.07) is 10.1.